The summed E-state index contributed by atoms with van der Waals surface area (Å²) in [5.74, 6) is 0.252. The van der Waals surface area contributed by atoms with E-state index in [4.69, 9.17) is 4.42 Å². The molecule has 2 heterocycles. The van der Waals surface area contributed by atoms with Crippen LogP contribution in [0.1, 0.15) is 11.5 Å². The first-order chi connectivity index (χ1) is 11.8. The molecular formula is C16H12F3N3O2S. The van der Waals surface area contributed by atoms with Crippen LogP contribution in [0.2, 0.25) is 0 Å². The molecule has 0 bridgehead atoms. The Bertz CT molecular complexity index is 907. The summed E-state index contributed by atoms with van der Waals surface area (Å²) >= 11 is 1.05. The van der Waals surface area contributed by atoms with Gasteiger partial charge in [-0.05, 0) is 30.3 Å². The first kappa shape index (κ1) is 17.3. The van der Waals surface area contributed by atoms with E-state index in [0.717, 1.165) is 24.0 Å². The van der Waals surface area contributed by atoms with Gasteiger partial charge in [0, 0.05) is 18.8 Å². The fourth-order valence-electron chi connectivity index (χ4n) is 2.09. The first-order valence-electron chi connectivity index (χ1n) is 7.14. The summed E-state index contributed by atoms with van der Waals surface area (Å²) in [6, 6.07) is 7.26. The number of aromatic nitrogens is 2. The number of nitrogens with one attached hydrogen (secondary N) is 1. The van der Waals surface area contributed by atoms with E-state index in [0.29, 0.717) is 27.7 Å². The third kappa shape index (κ3) is 4.30. The zero-order chi connectivity index (χ0) is 18.0. The van der Waals surface area contributed by atoms with Gasteiger partial charge < -0.3 is 9.73 Å². The van der Waals surface area contributed by atoms with Gasteiger partial charge in [0.15, 0.2) is 11.5 Å². The van der Waals surface area contributed by atoms with Crippen molar-refractivity contribution in [3.63, 3.8) is 0 Å². The van der Waals surface area contributed by atoms with Gasteiger partial charge in [0.2, 0.25) is 5.91 Å². The van der Waals surface area contributed by atoms with Crippen molar-refractivity contribution >= 4 is 34.5 Å². The lowest BCUT2D eigenvalue weighted by Crippen LogP contribution is -2.14. The molecule has 2 aromatic heterocycles. The number of nitrogens with zero attached hydrogens (tertiary/aromatic N) is 2. The topological polar surface area (TPSA) is 68.0 Å². The van der Waals surface area contributed by atoms with Crippen LogP contribution in [0.5, 0.6) is 0 Å². The second kappa shape index (κ2) is 6.75. The molecule has 130 valence electrons. The van der Waals surface area contributed by atoms with E-state index in [-0.39, 0.29) is 11.7 Å². The number of pyridine rings is 1. The van der Waals surface area contributed by atoms with Gasteiger partial charge >= 0.3 is 6.18 Å². The second-order valence-corrected chi connectivity index (χ2v) is 6.13. The van der Waals surface area contributed by atoms with Gasteiger partial charge in [-0.2, -0.15) is 13.2 Å². The van der Waals surface area contributed by atoms with E-state index in [1.54, 1.807) is 25.1 Å². The summed E-state index contributed by atoms with van der Waals surface area (Å²) in [6.07, 6.45) is -3.67. The predicted molar refractivity (Wildman–Crippen MR) is 87.3 cm³/mol. The van der Waals surface area contributed by atoms with Crippen molar-refractivity contribution < 1.29 is 22.4 Å². The summed E-state index contributed by atoms with van der Waals surface area (Å²) in [4.78, 5) is 19.9. The van der Waals surface area contributed by atoms with Gasteiger partial charge in [-0.15, -0.1) is 0 Å². The van der Waals surface area contributed by atoms with Crippen molar-refractivity contribution in [1.82, 2.24) is 9.97 Å². The van der Waals surface area contributed by atoms with Crippen LogP contribution in [0, 0.1) is 6.92 Å². The molecule has 0 atom stereocenters. The number of carbonyl (C=O) groups is 1. The van der Waals surface area contributed by atoms with Crippen molar-refractivity contribution in [2.75, 3.05) is 11.1 Å². The number of halogens is 3. The first-order valence-corrected chi connectivity index (χ1v) is 8.13. The maximum atomic E-state index is 12.5. The molecule has 5 nitrogen and oxygen atoms in total. The number of carbonyl (C=O) groups excluding carboxylic acids is 1. The quantitative estimate of drug-likeness (QED) is 0.697. The number of thioether (sulfide) groups is 1. The van der Waals surface area contributed by atoms with Crippen molar-refractivity contribution in [2.45, 2.75) is 18.1 Å². The molecule has 0 fully saturated rings. The Morgan fingerprint density at radius 3 is 2.76 bits per heavy atom. The Hall–Kier alpha value is -2.55. The van der Waals surface area contributed by atoms with Gasteiger partial charge in [-0.3, -0.25) is 4.79 Å². The normalized spacial score (nSPS) is 11.7. The fraction of sp³-hybridized carbons (Fsp3) is 0.188. The van der Waals surface area contributed by atoms with Gasteiger partial charge in [-0.25, -0.2) is 9.97 Å². The number of anilines is 1. The Labute approximate surface area is 144 Å². The molecule has 1 aromatic carbocycles. The highest BCUT2D eigenvalue weighted by molar-refractivity contribution is 7.99. The molecule has 1 N–H and O–H groups in total. The standard InChI is InChI=1S/C16H12F3N3O2S/c1-9-21-12-6-11(3-4-13(12)24-9)22-14(23)8-25-15-5-2-10(7-20-15)16(17,18)19/h2-7H,8H2,1H3,(H,22,23). The van der Waals surface area contributed by atoms with E-state index in [2.05, 4.69) is 15.3 Å². The molecule has 0 aliphatic heterocycles. The number of oxazole rings is 1. The molecule has 0 aliphatic carbocycles. The molecule has 3 aromatic rings. The number of hydrogen-bond donors (Lipinski definition) is 1. The molecule has 0 unspecified atom stereocenters. The van der Waals surface area contributed by atoms with Gasteiger partial charge in [-0.1, -0.05) is 11.8 Å². The van der Waals surface area contributed by atoms with Crippen LogP contribution in [0.4, 0.5) is 18.9 Å². The van der Waals surface area contributed by atoms with Crippen LogP contribution in [0.15, 0.2) is 46.0 Å². The highest BCUT2D eigenvalue weighted by Gasteiger charge is 2.30. The van der Waals surface area contributed by atoms with Gasteiger partial charge in [0.1, 0.15) is 5.52 Å². The van der Waals surface area contributed by atoms with Crippen LogP contribution in [0.25, 0.3) is 11.1 Å². The Morgan fingerprint density at radius 1 is 1.28 bits per heavy atom. The van der Waals surface area contributed by atoms with Crippen molar-refractivity contribution in [3.8, 4) is 0 Å². The lowest BCUT2D eigenvalue weighted by molar-refractivity contribution is -0.137. The number of alkyl halides is 3. The third-order valence-electron chi connectivity index (χ3n) is 3.19. The van der Waals surface area contributed by atoms with E-state index >= 15 is 0 Å². The third-order valence-corrected chi connectivity index (χ3v) is 4.14. The number of rotatable bonds is 4. The zero-order valence-corrected chi connectivity index (χ0v) is 13.7. The van der Waals surface area contributed by atoms with E-state index in [1.165, 1.54) is 6.07 Å². The Morgan fingerprint density at radius 2 is 2.08 bits per heavy atom. The minimum atomic E-state index is -4.42. The molecule has 3 rings (SSSR count). The Balaban J connectivity index is 1.58. The highest BCUT2D eigenvalue weighted by Crippen LogP contribution is 2.29. The molecule has 0 radical (unpaired) electrons. The predicted octanol–water partition coefficient (Wildman–Crippen LogP) is 4.28. The molecule has 25 heavy (non-hydrogen) atoms. The molecule has 9 heteroatoms. The maximum Gasteiger partial charge on any atom is 0.417 e. The van der Waals surface area contributed by atoms with Crippen LogP contribution in [0.3, 0.4) is 0 Å². The van der Waals surface area contributed by atoms with Gasteiger partial charge in [0.25, 0.3) is 0 Å². The average molecular weight is 367 g/mol. The molecule has 0 saturated carbocycles. The number of aryl methyl sites for hydroxylation is 1. The lowest BCUT2D eigenvalue weighted by atomic mass is 10.3. The minimum absolute atomic E-state index is 0.0221. The molecular weight excluding hydrogens is 355 g/mol. The highest BCUT2D eigenvalue weighted by atomic mass is 32.2. The largest absolute Gasteiger partial charge is 0.441 e. The van der Waals surface area contributed by atoms with Crippen molar-refractivity contribution in [3.05, 3.63) is 48.0 Å². The average Bonchev–Trinajstić information content (AvgIpc) is 2.92. The SMILES string of the molecule is Cc1nc2cc(NC(=O)CSc3ccc(C(F)(F)F)cn3)ccc2o1. The lowest BCUT2D eigenvalue weighted by Gasteiger charge is -2.07. The van der Waals surface area contributed by atoms with Crippen LogP contribution < -0.4 is 5.32 Å². The van der Waals surface area contributed by atoms with E-state index in [9.17, 15) is 18.0 Å². The zero-order valence-electron chi connectivity index (χ0n) is 12.9. The smallest absolute Gasteiger partial charge is 0.417 e. The van der Waals surface area contributed by atoms with Crippen molar-refractivity contribution in [2.24, 2.45) is 0 Å². The van der Waals surface area contributed by atoms with E-state index in [1.807, 2.05) is 0 Å². The van der Waals surface area contributed by atoms with Crippen LogP contribution in [-0.2, 0) is 11.0 Å². The number of benzene rings is 1. The number of hydrogen-bond acceptors (Lipinski definition) is 5. The number of fused-ring (bicyclic) bond motifs is 1. The second-order valence-electron chi connectivity index (χ2n) is 5.14. The monoisotopic (exact) mass is 367 g/mol. The van der Waals surface area contributed by atoms with Crippen LogP contribution in [-0.4, -0.2) is 21.6 Å². The number of amides is 1. The van der Waals surface area contributed by atoms with Crippen LogP contribution >= 0.6 is 11.8 Å². The summed E-state index contributed by atoms with van der Waals surface area (Å²) in [6.45, 7) is 1.73. The molecule has 0 aliphatic rings. The van der Waals surface area contributed by atoms with Crippen molar-refractivity contribution in [1.29, 1.82) is 0 Å². The minimum Gasteiger partial charge on any atom is -0.441 e. The maximum absolute atomic E-state index is 12.5. The van der Waals surface area contributed by atoms with Gasteiger partial charge in [0.05, 0.1) is 16.3 Å². The summed E-state index contributed by atoms with van der Waals surface area (Å²) in [5, 5.41) is 3.04. The molecule has 1 amide bonds. The fourth-order valence-corrected chi connectivity index (χ4v) is 2.73. The summed E-state index contributed by atoms with van der Waals surface area (Å²) in [5.41, 5.74) is 0.996. The molecule has 0 saturated heterocycles. The summed E-state index contributed by atoms with van der Waals surface area (Å²) < 4.78 is 42.7. The Kier molecular flexibility index (Phi) is 4.67. The molecule has 0 spiro atoms. The summed E-state index contributed by atoms with van der Waals surface area (Å²) in [7, 11) is 0. The van der Waals surface area contributed by atoms with E-state index < -0.39 is 11.7 Å².